The van der Waals surface area contributed by atoms with Crippen molar-refractivity contribution in [3.8, 4) is 0 Å². The number of carboxylic acids is 1. The summed E-state index contributed by atoms with van der Waals surface area (Å²) in [6.45, 7) is 1.53. The Morgan fingerprint density at radius 3 is 2.24 bits per heavy atom. The van der Waals surface area contributed by atoms with Crippen LogP contribution in [0.15, 0.2) is 48.5 Å². The molecule has 0 unspecified atom stereocenters. The molecule has 0 fully saturated rings. The SMILES string of the molecule is C[C@H](OC(=O)c1ccccc1C(=O)O)c1ccccc1F. The van der Waals surface area contributed by atoms with Crippen molar-refractivity contribution in [3.05, 3.63) is 71.0 Å². The van der Waals surface area contributed by atoms with Crippen LogP contribution in [-0.4, -0.2) is 17.0 Å². The van der Waals surface area contributed by atoms with Gasteiger partial charge in [0.25, 0.3) is 0 Å². The van der Waals surface area contributed by atoms with E-state index in [1.54, 1.807) is 6.07 Å². The van der Waals surface area contributed by atoms with Crippen molar-refractivity contribution in [1.29, 1.82) is 0 Å². The number of esters is 1. The molecule has 1 N–H and O–H groups in total. The van der Waals surface area contributed by atoms with Crippen molar-refractivity contribution in [3.63, 3.8) is 0 Å². The molecule has 0 saturated heterocycles. The molecule has 2 rings (SSSR count). The number of hydrogen-bond acceptors (Lipinski definition) is 3. The lowest BCUT2D eigenvalue weighted by Crippen LogP contribution is -2.14. The van der Waals surface area contributed by atoms with E-state index in [0.29, 0.717) is 0 Å². The van der Waals surface area contributed by atoms with E-state index in [-0.39, 0.29) is 16.7 Å². The fourth-order valence-corrected chi connectivity index (χ4v) is 1.94. The topological polar surface area (TPSA) is 63.6 Å². The number of halogens is 1. The first kappa shape index (κ1) is 14.7. The number of carbonyl (C=O) groups excluding carboxylic acids is 1. The van der Waals surface area contributed by atoms with Gasteiger partial charge in [-0.1, -0.05) is 30.3 Å². The van der Waals surface area contributed by atoms with Gasteiger partial charge in [-0.2, -0.15) is 0 Å². The van der Waals surface area contributed by atoms with E-state index in [4.69, 9.17) is 9.84 Å². The molecular weight excluding hydrogens is 275 g/mol. The number of benzene rings is 2. The van der Waals surface area contributed by atoms with E-state index in [1.165, 1.54) is 49.4 Å². The molecule has 0 aliphatic rings. The Bertz CT molecular complexity index is 681. The summed E-state index contributed by atoms with van der Waals surface area (Å²) < 4.78 is 18.8. The first-order valence-electron chi connectivity index (χ1n) is 6.28. The maximum Gasteiger partial charge on any atom is 0.339 e. The van der Waals surface area contributed by atoms with Gasteiger partial charge in [0, 0.05) is 5.56 Å². The van der Waals surface area contributed by atoms with Crippen LogP contribution >= 0.6 is 0 Å². The van der Waals surface area contributed by atoms with Gasteiger partial charge >= 0.3 is 11.9 Å². The number of carbonyl (C=O) groups is 2. The summed E-state index contributed by atoms with van der Waals surface area (Å²) >= 11 is 0. The Hall–Kier alpha value is -2.69. The molecule has 4 nitrogen and oxygen atoms in total. The molecule has 0 radical (unpaired) electrons. The molecule has 0 saturated carbocycles. The predicted octanol–water partition coefficient (Wildman–Crippen LogP) is 3.44. The zero-order valence-corrected chi connectivity index (χ0v) is 11.2. The molecule has 21 heavy (non-hydrogen) atoms. The zero-order valence-electron chi connectivity index (χ0n) is 11.2. The highest BCUT2D eigenvalue weighted by atomic mass is 19.1. The Morgan fingerprint density at radius 1 is 1.05 bits per heavy atom. The molecule has 0 spiro atoms. The van der Waals surface area contributed by atoms with Crippen LogP contribution in [0, 0.1) is 5.82 Å². The van der Waals surface area contributed by atoms with Crippen LogP contribution in [0.2, 0.25) is 0 Å². The number of rotatable bonds is 4. The fourth-order valence-electron chi connectivity index (χ4n) is 1.94. The summed E-state index contributed by atoms with van der Waals surface area (Å²) in [4.78, 5) is 23.1. The first-order chi connectivity index (χ1) is 10.0. The molecule has 1 atom stereocenters. The molecule has 2 aromatic rings. The highest BCUT2D eigenvalue weighted by Crippen LogP contribution is 2.22. The Morgan fingerprint density at radius 2 is 1.62 bits per heavy atom. The molecule has 5 heteroatoms. The summed E-state index contributed by atoms with van der Waals surface area (Å²) in [5.74, 6) is -2.51. The van der Waals surface area contributed by atoms with E-state index in [0.717, 1.165) is 0 Å². The first-order valence-corrected chi connectivity index (χ1v) is 6.28. The van der Waals surface area contributed by atoms with Crippen molar-refractivity contribution in [2.45, 2.75) is 13.0 Å². The smallest absolute Gasteiger partial charge is 0.339 e. The second-order valence-corrected chi connectivity index (χ2v) is 4.42. The molecule has 0 aliphatic heterocycles. The lowest BCUT2D eigenvalue weighted by atomic mass is 10.1. The predicted molar refractivity (Wildman–Crippen MR) is 73.6 cm³/mol. The van der Waals surface area contributed by atoms with Gasteiger partial charge in [-0.3, -0.25) is 0 Å². The fraction of sp³-hybridized carbons (Fsp3) is 0.125. The van der Waals surface area contributed by atoms with Gasteiger partial charge in [-0.15, -0.1) is 0 Å². The zero-order chi connectivity index (χ0) is 15.4. The van der Waals surface area contributed by atoms with Crippen molar-refractivity contribution >= 4 is 11.9 Å². The summed E-state index contributed by atoms with van der Waals surface area (Å²) in [6, 6.07) is 11.7. The third-order valence-corrected chi connectivity index (χ3v) is 3.00. The van der Waals surface area contributed by atoms with Crippen LogP contribution in [0.25, 0.3) is 0 Å². The van der Waals surface area contributed by atoms with Crippen LogP contribution in [0.5, 0.6) is 0 Å². The van der Waals surface area contributed by atoms with Gasteiger partial charge < -0.3 is 9.84 Å². The minimum absolute atomic E-state index is 0.0619. The lowest BCUT2D eigenvalue weighted by molar-refractivity contribution is 0.0325. The quantitative estimate of drug-likeness (QED) is 0.875. The number of ether oxygens (including phenoxy) is 1. The van der Waals surface area contributed by atoms with Crippen LogP contribution in [0.1, 0.15) is 39.3 Å². The van der Waals surface area contributed by atoms with Crippen LogP contribution < -0.4 is 0 Å². The normalized spacial score (nSPS) is 11.7. The largest absolute Gasteiger partial charge is 0.478 e. The summed E-state index contributed by atoms with van der Waals surface area (Å²) in [6.07, 6.45) is -0.819. The van der Waals surface area contributed by atoms with Gasteiger partial charge in [0.15, 0.2) is 0 Å². The highest BCUT2D eigenvalue weighted by Gasteiger charge is 2.21. The van der Waals surface area contributed by atoms with E-state index in [1.807, 2.05) is 0 Å². The van der Waals surface area contributed by atoms with Gasteiger partial charge in [0.2, 0.25) is 0 Å². The molecule has 0 aliphatic carbocycles. The molecule has 108 valence electrons. The lowest BCUT2D eigenvalue weighted by Gasteiger charge is -2.15. The maximum absolute atomic E-state index is 13.6. The Labute approximate surface area is 120 Å². The molecule has 0 aromatic heterocycles. The number of aromatic carboxylic acids is 1. The molecule has 2 aromatic carbocycles. The highest BCUT2D eigenvalue weighted by molar-refractivity contribution is 6.02. The Balaban J connectivity index is 2.23. The van der Waals surface area contributed by atoms with Crippen molar-refractivity contribution in [2.75, 3.05) is 0 Å². The minimum Gasteiger partial charge on any atom is -0.478 e. The van der Waals surface area contributed by atoms with E-state index in [2.05, 4.69) is 0 Å². The minimum atomic E-state index is -1.22. The van der Waals surface area contributed by atoms with E-state index < -0.39 is 23.9 Å². The second-order valence-electron chi connectivity index (χ2n) is 4.42. The summed E-state index contributed by atoms with van der Waals surface area (Å²) in [5, 5.41) is 9.04. The standard InChI is InChI=1S/C16H13FO4/c1-10(11-6-4-5-9-14(11)17)21-16(20)13-8-3-2-7-12(13)15(18)19/h2-10H,1H3,(H,18,19)/t10-/m0/s1. The second kappa shape index (κ2) is 6.17. The van der Waals surface area contributed by atoms with Gasteiger partial charge in [-0.05, 0) is 25.1 Å². The summed E-state index contributed by atoms with van der Waals surface area (Å²) in [5.41, 5.74) is 0.0232. The average Bonchev–Trinajstić information content (AvgIpc) is 2.47. The summed E-state index contributed by atoms with van der Waals surface area (Å²) in [7, 11) is 0. The van der Waals surface area contributed by atoms with Crippen molar-refractivity contribution in [2.24, 2.45) is 0 Å². The van der Waals surface area contributed by atoms with Gasteiger partial charge in [0.05, 0.1) is 11.1 Å². The van der Waals surface area contributed by atoms with Crippen molar-refractivity contribution in [1.82, 2.24) is 0 Å². The van der Waals surface area contributed by atoms with E-state index in [9.17, 15) is 14.0 Å². The Kier molecular flexibility index (Phi) is 4.33. The van der Waals surface area contributed by atoms with Gasteiger partial charge in [-0.25, -0.2) is 14.0 Å². The molecule has 0 amide bonds. The third kappa shape index (κ3) is 3.25. The molecular formula is C16H13FO4. The monoisotopic (exact) mass is 288 g/mol. The molecule has 0 heterocycles. The maximum atomic E-state index is 13.6. The molecule has 0 bridgehead atoms. The third-order valence-electron chi connectivity index (χ3n) is 3.00. The number of carboxylic acid groups (broad SMARTS) is 1. The van der Waals surface area contributed by atoms with Gasteiger partial charge in [0.1, 0.15) is 11.9 Å². The van der Waals surface area contributed by atoms with Crippen LogP contribution in [-0.2, 0) is 4.74 Å². The van der Waals surface area contributed by atoms with E-state index >= 15 is 0 Å². The average molecular weight is 288 g/mol. The number of hydrogen-bond donors (Lipinski definition) is 1. The van der Waals surface area contributed by atoms with Crippen LogP contribution in [0.4, 0.5) is 4.39 Å². The van der Waals surface area contributed by atoms with Crippen LogP contribution in [0.3, 0.4) is 0 Å². The van der Waals surface area contributed by atoms with Crippen molar-refractivity contribution < 1.29 is 23.8 Å².